The first kappa shape index (κ1) is 10.3. The number of nitrogens with one attached hydrogen (secondary N) is 2. The molecule has 0 saturated heterocycles. The van der Waals surface area contributed by atoms with Gasteiger partial charge in [-0.05, 0) is 12.1 Å². The fourth-order valence-corrected chi connectivity index (χ4v) is 1.28. The quantitative estimate of drug-likeness (QED) is 0.623. The molecule has 0 radical (unpaired) electrons. The van der Waals surface area contributed by atoms with Gasteiger partial charge in [0.2, 0.25) is 0 Å². The van der Waals surface area contributed by atoms with Crippen LogP contribution < -0.4 is 5.32 Å². The Balaban J connectivity index is 2.61. The van der Waals surface area contributed by atoms with Gasteiger partial charge in [0, 0.05) is 39.8 Å². The van der Waals surface area contributed by atoms with E-state index in [1.54, 1.807) is 0 Å². The molecular formula is C9H13BrN2O. The van der Waals surface area contributed by atoms with E-state index in [1.807, 2.05) is 18.3 Å². The third-order valence-electron chi connectivity index (χ3n) is 2.00. The molecule has 1 aromatic rings. The van der Waals surface area contributed by atoms with Crippen LogP contribution in [0.1, 0.15) is 19.5 Å². The number of aromatic amines is 1. The summed E-state index contributed by atoms with van der Waals surface area (Å²) in [6.07, 6.45) is 1.88. The first-order valence-corrected chi connectivity index (χ1v) is 4.89. The summed E-state index contributed by atoms with van der Waals surface area (Å²) < 4.78 is 0. The fourth-order valence-electron chi connectivity index (χ4n) is 1.14. The number of carbonyl (C=O) groups is 1. The number of aromatic nitrogens is 1. The summed E-state index contributed by atoms with van der Waals surface area (Å²) in [5, 5.41) is 2.73. The summed E-state index contributed by atoms with van der Waals surface area (Å²) in [7, 11) is 0. The Hall–Kier alpha value is -0.770. The van der Waals surface area contributed by atoms with E-state index in [1.165, 1.54) is 0 Å². The van der Waals surface area contributed by atoms with Gasteiger partial charge in [0.25, 0.3) is 4.82 Å². The van der Waals surface area contributed by atoms with Crippen molar-refractivity contribution in [3.63, 3.8) is 0 Å². The van der Waals surface area contributed by atoms with E-state index < -0.39 is 0 Å². The first-order chi connectivity index (χ1) is 6.02. The topological polar surface area (TPSA) is 44.9 Å². The Bertz CT molecular complexity index is 280. The van der Waals surface area contributed by atoms with E-state index in [0.29, 0.717) is 6.54 Å². The van der Waals surface area contributed by atoms with Crippen molar-refractivity contribution in [2.75, 3.05) is 6.54 Å². The minimum absolute atomic E-state index is 0.0626. The lowest BCUT2D eigenvalue weighted by molar-refractivity contribution is 0.259. The van der Waals surface area contributed by atoms with Gasteiger partial charge in [-0.1, -0.05) is 13.8 Å². The van der Waals surface area contributed by atoms with Crippen molar-refractivity contribution in [2.24, 2.45) is 0 Å². The molecule has 0 bridgehead atoms. The third-order valence-corrected chi connectivity index (χ3v) is 2.28. The van der Waals surface area contributed by atoms with Crippen molar-refractivity contribution in [1.82, 2.24) is 10.3 Å². The predicted molar refractivity (Wildman–Crippen MR) is 56.1 cm³/mol. The second-order valence-corrected chi connectivity index (χ2v) is 4.32. The van der Waals surface area contributed by atoms with Crippen LogP contribution in [-0.2, 0) is 5.41 Å². The molecule has 1 heterocycles. The van der Waals surface area contributed by atoms with Crippen LogP contribution in [0, 0.1) is 0 Å². The van der Waals surface area contributed by atoms with Crippen LogP contribution in [0.5, 0.6) is 0 Å². The summed E-state index contributed by atoms with van der Waals surface area (Å²) in [6, 6.07) is 3.97. The summed E-state index contributed by atoms with van der Waals surface area (Å²) >= 11 is 2.83. The SMILES string of the molecule is CC(C)(CNC(=O)Br)c1ccc[nH]1. The Morgan fingerprint density at radius 2 is 2.38 bits per heavy atom. The molecule has 0 unspecified atom stereocenters. The Morgan fingerprint density at radius 3 is 2.85 bits per heavy atom. The predicted octanol–water partition coefficient (Wildman–Crippen LogP) is 2.40. The molecule has 0 fully saturated rings. The summed E-state index contributed by atoms with van der Waals surface area (Å²) in [5.74, 6) is 0. The van der Waals surface area contributed by atoms with E-state index in [0.717, 1.165) is 5.69 Å². The van der Waals surface area contributed by atoms with Gasteiger partial charge in [-0.2, -0.15) is 0 Å². The maximum Gasteiger partial charge on any atom is 0.287 e. The average molecular weight is 245 g/mol. The number of hydrogen-bond donors (Lipinski definition) is 2. The maximum absolute atomic E-state index is 10.7. The van der Waals surface area contributed by atoms with Crippen molar-refractivity contribution < 1.29 is 4.79 Å². The number of rotatable bonds is 3. The normalized spacial score (nSPS) is 11.3. The van der Waals surface area contributed by atoms with Crippen LogP contribution >= 0.6 is 15.9 Å². The van der Waals surface area contributed by atoms with E-state index >= 15 is 0 Å². The fraction of sp³-hybridized carbons (Fsp3) is 0.444. The van der Waals surface area contributed by atoms with Crippen LogP contribution in [0.3, 0.4) is 0 Å². The Morgan fingerprint density at radius 1 is 1.69 bits per heavy atom. The van der Waals surface area contributed by atoms with Gasteiger partial charge < -0.3 is 10.3 Å². The standard InChI is InChI=1S/C9H13BrN2O/c1-9(2,6-12-8(10)13)7-4-3-5-11-7/h3-5,11H,6H2,1-2H3,(H,12,13). The lowest BCUT2D eigenvalue weighted by atomic mass is 9.89. The van der Waals surface area contributed by atoms with E-state index in [4.69, 9.17) is 0 Å². The summed E-state index contributed by atoms with van der Waals surface area (Å²) in [4.78, 5) is 13.6. The van der Waals surface area contributed by atoms with Crippen molar-refractivity contribution in [3.05, 3.63) is 24.0 Å². The molecule has 1 aromatic heterocycles. The summed E-state index contributed by atoms with van der Waals surface area (Å²) in [5.41, 5.74) is 1.06. The van der Waals surface area contributed by atoms with Gasteiger partial charge in [-0.3, -0.25) is 4.79 Å². The Labute approximate surface area is 86.0 Å². The van der Waals surface area contributed by atoms with Gasteiger partial charge in [-0.15, -0.1) is 0 Å². The van der Waals surface area contributed by atoms with Gasteiger partial charge in [0.05, 0.1) is 0 Å². The van der Waals surface area contributed by atoms with Gasteiger partial charge >= 0.3 is 0 Å². The lowest BCUT2D eigenvalue weighted by Gasteiger charge is -2.23. The summed E-state index contributed by atoms with van der Waals surface area (Å²) in [6.45, 7) is 4.75. The lowest BCUT2D eigenvalue weighted by Crippen LogP contribution is -2.34. The van der Waals surface area contributed by atoms with Crippen LogP contribution in [0.2, 0.25) is 0 Å². The molecule has 0 aliphatic rings. The van der Waals surface area contributed by atoms with E-state index in [-0.39, 0.29) is 10.2 Å². The number of amides is 1. The third kappa shape index (κ3) is 2.88. The van der Waals surface area contributed by atoms with E-state index in [9.17, 15) is 4.79 Å². The van der Waals surface area contributed by atoms with Gasteiger partial charge in [-0.25, -0.2) is 0 Å². The second kappa shape index (κ2) is 3.96. The molecule has 0 aliphatic heterocycles. The molecule has 0 aromatic carbocycles. The second-order valence-electron chi connectivity index (χ2n) is 3.59. The molecule has 0 spiro atoms. The molecule has 4 heteroatoms. The molecule has 13 heavy (non-hydrogen) atoms. The van der Waals surface area contributed by atoms with Crippen molar-refractivity contribution >= 4 is 20.7 Å². The van der Waals surface area contributed by atoms with Gasteiger partial charge in [0.15, 0.2) is 0 Å². The molecule has 3 nitrogen and oxygen atoms in total. The highest BCUT2D eigenvalue weighted by Crippen LogP contribution is 2.19. The largest absolute Gasteiger partial charge is 0.364 e. The van der Waals surface area contributed by atoms with Crippen LogP contribution in [-0.4, -0.2) is 16.3 Å². The van der Waals surface area contributed by atoms with E-state index in [2.05, 4.69) is 40.1 Å². The molecule has 0 aliphatic carbocycles. The monoisotopic (exact) mass is 244 g/mol. The average Bonchev–Trinajstić information content (AvgIpc) is 2.53. The first-order valence-electron chi connectivity index (χ1n) is 4.09. The molecule has 1 amide bonds. The number of H-pyrrole nitrogens is 1. The molecule has 0 atom stereocenters. The number of halogens is 1. The van der Waals surface area contributed by atoms with Crippen LogP contribution in [0.25, 0.3) is 0 Å². The molecule has 72 valence electrons. The maximum atomic E-state index is 10.7. The molecular weight excluding hydrogens is 232 g/mol. The van der Waals surface area contributed by atoms with Crippen LogP contribution in [0.15, 0.2) is 18.3 Å². The highest BCUT2D eigenvalue weighted by molar-refractivity contribution is 9.18. The molecule has 1 rings (SSSR count). The molecule has 0 saturated carbocycles. The minimum Gasteiger partial charge on any atom is -0.364 e. The van der Waals surface area contributed by atoms with Crippen LogP contribution in [0.4, 0.5) is 4.79 Å². The van der Waals surface area contributed by atoms with Crippen molar-refractivity contribution in [3.8, 4) is 0 Å². The van der Waals surface area contributed by atoms with Gasteiger partial charge in [0.1, 0.15) is 0 Å². The zero-order valence-electron chi connectivity index (χ0n) is 7.73. The highest BCUT2D eigenvalue weighted by atomic mass is 79.9. The zero-order chi connectivity index (χ0) is 9.90. The zero-order valence-corrected chi connectivity index (χ0v) is 9.31. The minimum atomic E-state index is -0.174. The van der Waals surface area contributed by atoms with Crippen molar-refractivity contribution in [2.45, 2.75) is 19.3 Å². The Kier molecular flexibility index (Phi) is 3.14. The number of carbonyl (C=O) groups excluding carboxylic acids is 1. The number of hydrogen-bond acceptors (Lipinski definition) is 1. The highest BCUT2D eigenvalue weighted by Gasteiger charge is 2.21. The smallest absolute Gasteiger partial charge is 0.287 e. The van der Waals surface area contributed by atoms with Crippen molar-refractivity contribution in [1.29, 1.82) is 0 Å². The molecule has 2 N–H and O–H groups in total.